The summed E-state index contributed by atoms with van der Waals surface area (Å²) >= 11 is 0. The van der Waals surface area contributed by atoms with Gasteiger partial charge in [-0.1, -0.05) is 25.8 Å². The average Bonchev–Trinajstić information content (AvgIpc) is 2.72. The SMILES string of the molecule is Cc1ncc(C#Cc2ccc(C(C)C)c(F)c2)o1. The lowest BCUT2D eigenvalue weighted by Gasteiger charge is -2.06. The number of rotatable bonds is 1. The summed E-state index contributed by atoms with van der Waals surface area (Å²) in [6, 6.07) is 5.04. The highest BCUT2D eigenvalue weighted by atomic mass is 19.1. The maximum Gasteiger partial charge on any atom is 0.197 e. The van der Waals surface area contributed by atoms with Crippen LogP contribution in [0.3, 0.4) is 0 Å². The average molecular weight is 243 g/mol. The van der Waals surface area contributed by atoms with Gasteiger partial charge in [0.2, 0.25) is 0 Å². The van der Waals surface area contributed by atoms with Crippen molar-refractivity contribution in [3.63, 3.8) is 0 Å². The zero-order valence-electron chi connectivity index (χ0n) is 10.6. The lowest BCUT2D eigenvalue weighted by molar-refractivity contribution is 0.511. The highest BCUT2D eigenvalue weighted by Crippen LogP contribution is 2.19. The third-order valence-electron chi connectivity index (χ3n) is 2.57. The van der Waals surface area contributed by atoms with E-state index in [1.165, 1.54) is 6.07 Å². The van der Waals surface area contributed by atoms with E-state index in [0.717, 1.165) is 0 Å². The van der Waals surface area contributed by atoms with E-state index in [9.17, 15) is 4.39 Å². The fourth-order valence-electron chi connectivity index (χ4n) is 1.63. The molecule has 0 aliphatic heterocycles. The van der Waals surface area contributed by atoms with Crippen molar-refractivity contribution in [2.24, 2.45) is 0 Å². The molecule has 1 heterocycles. The molecule has 0 saturated carbocycles. The molecule has 0 saturated heterocycles. The van der Waals surface area contributed by atoms with Gasteiger partial charge in [0.25, 0.3) is 0 Å². The molecule has 2 aromatic rings. The number of aromatic nitrogens is 1. The summed E-state index contributed by atoms with van der Waals surface area (Å²) in [4.78, 5) is 3.94. The summed E-state index contributed by atoms with van der Waals surface area (Å²) in [7, 11) is 0. The summed E-state index contributed by atoms with van der Waals surface area (Å²) in [6.45, 7) is 5.67. The molecule has 0 fully saturated rings. The summed E-state index contributed by atoms with van der Waals surface area (Å²) in [6.07, 6.45) is 1.56. The summed E-state index contributed by atoms with van der Waals surface area (Å²) < 4.78 is 18.9. The molecule has 0 aliphatic carbocycles. The summed E-state index contributed by atoms with van der Waals surface area (Å²) in [5.74, 6) is 6.68. The van der Waals surface area contributed by atoms with Gasteiger partial charge in [0.15, 0.2) is 11.7 Å². The van der Waals surface area contributed by atoms with Crippen molar-refractivity contribution in [1.29, 1.82) is 0 Å². The van der Waals surface area contributed by atoms with Crippen molar-refractivity contribution in [2.75, 3.05) is 0 Å². The maximum atomic E-state index is 13.7. The minimum Gasteiger partial charge on any atom is -0.433 e. The first-order chi connectivity index (χ1) is 8.56. The van der Waals surface area contributed by atoms with E-state index in [2.05, 4.69) is 16.8 Å². The van der Waals surface area contributed by atoms with Crippen molar-refractivity contribution >= 4 is 0 Å². The molecule has 0 amide bonds. The minimum atomic E-state index is -0.217. The van der Waals surface area contributed by atoms with Gasteiger partial charge in [-0.05, 0) is 29.5 Å². The third kappa shape index (κ3) is 2.78. The Labute approximate surface area is 106 Å². The Kier molecular flexibility index (Phi) is 3.47. The number of aryl methyl sites for hydroxylation is 1. The molecule has 1 aromatic heterocycles. The number of nitrogens with zero attached hydrogens (tertiary/aromatic N) is 1. The normalized spacial score (nSPS) is 10.3. The van der Waals surface area contributed by atoms with Gasteiger partial charge < -0.3 is 4.42 Å². The fourth-order valence-corrected chi connectivity index (χ4v) is 1.63. The first-order valence-electron chi connectivity index (χ1n) is 5.80. The topological polar surface area (TPSA) is 26.0 Å². The van der Waals surface area contributed by atoms with Gasteiger partial charge in [0.05, 0.1) is 6.20 Å². The monoisotopic (exact) mass is 243 g/mol. The molecular formula is C15H14FNO. The van der Waals surface area contributed by atoms with E-state index in [1.807, 2.05) is 19.9 Å². The zero-order chi connectivity index (χ0) is 13.1. The molecule has 0 atom stereocenters. The van der Waals surface area contributed by atoms with E-state index in [-0.39, 0.29) is 11.7 Å². The van der Waals surface area contributed by atoms with E-state index in [1.54, 1.807) is 19.2 Å². The van der Waals surface area contributed by atoms with Crippen LogP contribution >= 0.6 is 0 Å². The minimum absolute atomic E-state index is 0.170. The molecule has 0 unspecified atom stereocenters. The van der Waals surface area contributed by atoms with Gasteiger partial charge in [-0.3, -0.25) is 0 Å². The van der Waals surface area contributed by atoms with Crippen LogP contribution in [-0.4, -0.2) is 4.98 Å². The molecule has 0 bridgehead atoms. The lowest BCUT2D eigenvalue weighted by atomic mass is 10.0. The van der Waals surface area contributed by atoms with Crippen LogP contribution in [0.15, 0.2) is 28.8 Å². The van der Waals surface area contributed by atoms with Crippen molar-refractivity contribution in [1.82, 2.24) is 4.98 Å². The Morgan fingerprint density at radius 3 is 2.61 bits per heavy atom. The Morgan fingerprint density at radius 1 is 1.28 bits per heavy atom. The van der Waals surface area contributed by atoms with E-state index in [0.29, 0.717) is 22.8 Å². The van der Waals surface area contributed by atoms with Gasteiger partial charge in [0.1, 0.15) is 5.82 Å². The second-order valence-electron chi connectivity index (χ2n) is 4.38. The maximum absolute atomic E-state index is 13.7. The van der Waals surface area contributed by atoms with Crippen LogP contribution in [0.4, 0.5) is 4.39 Å². The summed E-state index contributed by atoms with van der Waals surface area (Å²) in [5.41, 5.74) is 1.34. The zero-order valence-corrected chi connectivity index (χ0v) is 10.6. The first kappa shape index (κ1) is 12.4. The quantitative estimate of drug-likeness (QED) is 0.714. The lowest BCUT2D eigenvalue weighted by Crippen LogP contribution is -1.93. The van der Waals surface area contributed by atoms with E-state index >= 15 is 0 Å². The fraction of sp³-hybridized carbons (Fsp3) is 0.267. The Hall–Kier alpha value is -2.08. The highest BCUT2D eigenvalue weighted by Gasteiger charge is 2.06. The van der Waals surface area contributed by atoms with Crippen LogP contribution in [0.1, 0.15) is 42.5 Å². The molecule has 2 rings (SSSR count). The molecule has 1 aromatic carbocycles. The smallest absolute Gasteiger partial charge is 0.197 e. The molecule has 0 N–H and O–H groups in total. The molecule has 0 aliphatic rings. The molecule has 0 radical (unpaired) electrons. The van der Waals surface area contributed by atoms with Crippen LogP contribution in [0, 0.1) is 24.6 Å². The molecule has 92 valence electrons. The Morgan fingerprint density at radius 2 is 2.06 bits per heavy atom. The van der Waals surface area contributed by atoms with Crippen molar-refractivity contribution < 1.29 is 8.81 Å². The highest BCUT2D eigenvalue weighted by molar-refractivity contribution is 5.41. The van der Waals surface area contributed by atoms with Gasteiger partial charge >= 0.3 is 0 Å². The van der Waals surface area contributed by atoms with Gasteiger partial charge in [-0.2, -0.15) is 0 Å². The van der Waals surface area contributed by atoms with Gasteiger partial charge in [-0.15, -0.1) is 0 Å². The number of benzene rings is 1. The largest absolute Gasteiger partial charge is 0.433 e. The van der Waals surface area contributed by atoms with Crippen molar-refractivity contribution in [3.8, 4) is 11.8 Å². The Balaban J connectivity index is 2.26. The van der Waals surface area contributed by atoms with Crippen LogP contribution in [-0.2, 0) is 0 Å². The second kappa shape index (κ2) is 5.05. The second-order valence-corrected chi connectivity index (χ2v) is 4.38. The van der Waals surface area contributed by atoms with Crippen LogP contribution in [0.5, 0.6) is 0 Å². The van der Waals surface area contributed by atoms with Crippen LogP contribution in [0.2, 0.25) is 0 Å². The Bertz CT molecular complexity index is 617. The number of hydrogen-bond donors (Lipinski definition) is 0. The standard InChI is InChI=1S/C15H14FNO/c1-10(2)14-7-5-12(8-15(14)16)4-6-13-9-17-11(3)18-13/h5,7-10H,1-3H3. The van der Waals surface area contributed by atoms with Gasteiger partial charge in [-0.25, -0.2) is 9.37 Å². The van der Waals surface area contributed by atoms with Crippen LogP contribution in [0.25, 0.3) is 0 Å². The van der Waals surface area contributed by atoms with Gasteiger partial charge in [0, 0.05) is 12.5 Å². The number of oxazole rings is 1. The van der Waals surface area contributed by atoms with Crippen molar-refractivity contribution in [3.05, 3.63) is 53.0 Å². The molecule has 18 heavy (non-hydrogen) atoms. The van der Waals surface area contributed by atoms with E-state index in [4.69, 9.17) is 4.42 Å². The predicted molar refractivity (Wildman–Crippen MR) is 67.7 cm³/mol. The number of halogens is 1. The third-order valence-corrected chi connectivity index (χ3v) is 2.57. The predicted octanol–water partition coefficient (Wildman–Crippen LogP) is 3.65. The number of hydrogen-bond acceptors (Lipinski definition) is 2. The first-order valence-corrected chi connectivity index (χ1v) is 5.80. The molecule has 3 heteroatoms. The van der Waals surface area contributed by atoms with Crippen LogP contribution < -0.4 is 0 Å². The summed E-state index contributed by atoms with van der Waals surface area (Å²) in [5, 5.41) is 0. The van der Waals surface area contributed by atoms with E-state index < -0.39 is 0 Å². The van der Waals surface area contributed by atoms with Crippen molar-refractivity contribution in [2.45, 2.75) is 26.7 Å². The molecule has 2 nitrogen and oxygen atoms in total. The molecular weight excluding hydrogens is 229 g/mol. The molecule has 0 spiro atoms.